The van der Waals surface area contributed by atoms with Gasteiger partial charge in [0.1, 0.15) is 5.75 Å². The first-order chi connectivity index (χ1) is 5.77. The largest absolute Gasteiger partial charge is 0.456 e. The fourth-order valence-corrected chi connectivity index (χ4v) is 1.36. The Kier molecular flexibility index (Phi) is 1.64. The predicted octanol–water partition coefficient (Wildman–Crippen LogP) is 1.81. The van der Waals surface area contributed by atoms with E-state index in [2.05, 4.69) is 0 Å². The number of ether oxygens (including phenoxy) is 1. The summed E-state index contributed by atoms with van der Waals surface area (Å²) in [5.74, 6) is 0.624. The van der Waals surface area contributed by atoms with Crippen LogP contribution < -0.4 is 9.64 Å². The highest BCUT2D eigenvalue weighted by molar-refractivity contribution is 5.59. The molecule has 1 aromatic carbocycles. The zero-order valence-corrected chi connectivity index (χ0v) is 6.83. The van der Waals surface area contributed by atoms with Crippen LogP contribution in [0.15, 0.2) is 24.3 Å². The van der Waals surface area contributed by atoms with Crippen LogP contribution in [0, 0.1) is 0 Å². The third kappa shape index (κ3) is 1.11. The number of anilines is 1. The van der Waals surface area contributed by atoms with E-state index in [9.17, 15) is 4.39 Å². The van der Waals surface area contributed by atoms with E-state index < -0.39 is 6.36 Å². The van der Waals surface area contributed by atoms with Gasteiger partial charge in [-0.1, -0.05) is 12.1 Å². The van der Waals surface area contributed by atoms with Crippen molar-refractivity contribution in [2.75, 3.05) is 18.5 Å². The number of para-hydroxylation sites is 2. The molecular formula is C9H10FNO. The molecule has 3 heteroatoms. The van der Waals surface area contributed by atoms with Crippen LogP contribution in [0.25, 0.3) is 0 Å². The van der Waals surface area contributed by atoms with Crippen LogP contribution >= 0.6 is 0 Å². The Bertz CT molecular complexity index is 290. The number of halogens is 1. The highest BCUT2D eigenvalue weighted by atomic mass is 19.1. The summed E-state index contributed by atoms with van der Waals surface area (Å²) in [6.07, 6.45) is -1.20. The summed E-state index contributed by atoms with van der Waals surface area (Å²) in [5.41, 5.74) is 0.950. The molecule has 0 saturated carbocycles. The maximum atomic E-state index is 12.8. The van der Waals surface area contributed by atoms with E-state index in [0.717, 1.165) is 5.69 Å². The van der Waals surface area contributed by atoms with Gasteiger partial charge in [0.2, 0.25) is 0 Å². The first-order valence-corrected chi connectivity index (χ1v) is 3.88. The third-order valence-electron chi connectivity index (χ3n) is 1.95. The minimum Gasteiger partial charge on any atom is -0.456 e. The van der Waals surface area contributed by atoms with Gasteiger partial charge in [0.05, 0.1) is 12.2 Å². The summed E-state index contributed by atoms with van der Waals surface area (Å²) < 4.78 is 17.8. The van der Waals surface area contributed by atoms with E-state index >= 15 is 0 Å². The molecule has 1 aliphatic heterocycles. The maximum Gasteiger partial charge on any atom is 0.255 e. The molecule has 1 aliphatic rings. The molecule has 12 heavy (non-hydrogen) atoms. The quantitative estimate of drug-likeness (QED) is 0.584. The Morgan fingerprint density at radius 3 is 3.08 bits per heavy atom. The zero-order chi connectivity index (χ0) is 8.55. The summed E-state index contributed by atoms with van der Waals surface area (Å²) in [6.45, 7) is 0.303. The van der Waals surface area contributed by atoms with Crippen LogP contribution in [0.4, 0.5) is 10.1 Å². The maximum absolute atomic E-state index is 12.8. The van der Waals surface area contributed by atoms with Crippen molar-refractivity contribution >= 4 is 5.69 Å². The Morgan fingerprint density at radius 2 is 2.25 bits per heavy atom. The molecule has 2 rings (SSSR count). The topological polar surface area (TPSA) is 12.5 Å². The average Bonchev–Trinajstić information content (AvgIpc) is 2.04. The highest BCUT2D eigenvalue weighted by Crippen LogP contribution is 2.31. The van der Waals surface area contributed by atoms with Gasteiger partial charge in [-0.25, -0.2) is 0 Å². The molecule has 2 nitrogen and oxygen atoms in total. The Morgan fingerprint density at radius 1 is 1.50 bits per heavy atom. The molecule has 0 amide bonds. The lowest BCUT2D eigenvalue weighted by Crippen LogP contribution is -2.34. The van der Waals surface area contributed by atoms with Gasteiger partial charge >= 0.3 is 0 Å². The fourth-order valence-electron chi connectivity index (χ4n) is 1.36. The van der Waals surface area contributed by atoms with Crippen LogP contribution in [0.1, 0.15) is 0 Å². The van der Waals surface area contributed by atoms with Crippen molar-refractivity contribution in [2.45, 2.75) is 6.36 Å². The molecule has 0 N–H and O–H groups in total. The number of benzene rings is 1. The molecule has 0 aromatic heterocycles. The lowest BCUT2D eigenvalue weighted by Gasteiger charge is -2.29. The van der Waals surface area contributed by atoms with E-state index in [1.807, 2.05) is 30.1 Å². The Hall–Kier alpha value is -1.25. The number of fused-ring (bicyclic) bond motifs is 1. The number of nitrogens with zero attached hydrogens (tertiary/aromatic N) is 1. The molecule has 1 heterocycles. The van der Waals surface area contributed by atoms with Crippen molar-refractivity contribution in [3.8, 4) is 5.75 Å². The lowest BCUT2D eigenvalue weighted by molar-refractivity contribution is 0.0667. The standard InChI is InChI=1S/C9H10FNO/c1-11-6-9(10)12-8-5-3-2-4-7(8)11/h2-5,9H,6H2,1H3. The first kappa shape index (κ1) is 7.40. The van der Waals surface area contributed by atoms with E-state index in [1.165, 1.54) is 0 Å². The van der Waals surface area contributed by atoms with Crippen molar-refractivity contribution in [3.63, 3.8) is 0 Å². The van der Waals surface area contributed by atoms with Gasteiger partial charge in [0.25, 0.3) is 6.36 Å². The van der Waals surface area contributed by atoms with Crippen molar-refractivity contribution in [3.05, 3.63) is 24.3 Å². The van der Waals surface area contributed by atoms with Gasteiger partial charge in [-0.2, -0.15) is 4.39 Å². The number of alkyl halides is 1. The van der Waals surface area contributed by atoms with Crippen LogP contribution in [0.5, 0.6) is 5.75 Å². The molecule has 0 fully saturated rings. The lowest BCUT2D eigenvalue weighted by atomic mass is 10.2. The van der Waals surface area contributed by atoms with Crippen LogP contribution in [0.2, 0.25) is 0 Å². The molecule has 0 aliphatic carbocycles. The van der Waals surface area contributed by atoms with Crippen LogP contribution in [-0.2, 0) is 0 Å². The van der Waals surface area contributed by atoms with E-state index in [-0.39, 0.29) is 0 Å². The second kappa shape index (κ2) is 2.66. The molecular weight excluding hydrogens is 157 g/mol. The van der Waals surface area contributed by atoms with Crippen molar-refractivity contribution in [1.82, 2.24) is 0 Å². The van der Waals surface area contributed by atoms with Crippen LogP contribution in [-0.4, -0.2) is 20.0 Å². The van der Waals surface area contributed by atoms with Crippen LogP contribution in [0.3, 0.4) is 0 Å². The molecule has 1 aromatic rings. The van der Waals surface area contributed by atoms with Gasteiger partial charge in [0.15, 0.2) is 0 Å². The molecule has 0 bridgehead atoms. The van der Waals surface area contributed by atoms with E-state index in [0.29, 0.717) is 12.3 Å². The molecule has 0 saturated heterocycles. The summed E-state index contributed by atoms with van der Waals surface area (Å²) in [4.78, 5) is 1.85. The molecule has 0 radical (unpaired) electrons. The van der Waals surface area contributed by atoms with Gasteiger partial charge < -0.3 is 9.64 Å². The molecule has 1 atom stereocenters. The number of rotatable bonds is 0. The Labute approximate surface area is 70.6 Å². The minimum absolute atomic E-state index is 0.303. The van der Waals surface area contributed by atoms with E-state index in [1.54, 1.807) is 6.07 Å². The van der Waals surface area contributed by atoms with E-state index in [4.69, 9.17) is 4.74 Å². The summed E-state index contributed by atoms with van der Waals surface area (Å²) >= 11 is 0. The van der Waals surface area contributed by atoms with Gasteiger partial charge in [-0.05, 0) is 12.1 Å². The summed E-state index contributed by atoms with van der Waals surface area (Å²) in [5, 5.41) is 0. The third-order valence-corrected chi connectivity index (χ3v) is 1.95. The SMILES string of the molecule is CN1CC(F)Oc2ccccc21. The zero-order valence-electron chi connectivity index (χ0n) is 6.83. The second-order valence-electron chi connectivity index (χ2n) is 2.88. The van der Waals surface area contributed by atoms with Crippen molar-refractivity contribution in [1.29, 1.82) is 0 Å². The molecule has 0 spiro atoms. The minimum atomic E-state index is -1.20. The summed E-state index contributed by atoms with van der Waals surface area (Å²) in [6, 6.07) is 7.45. The Balaban J connectivity index is 2.40. The van der Waals surface area contributed by atoms with Gasteiger partial charge in [-0.3, -0.25) is 0 Å². The molecule has 1 unspecified atom stereocenters. The molecule has 64 valence electrons. The average molecular weight is 167 g/mol. The normalized spacial score (nSPS) is 21.5. The van der Waals surface area contributed by atoms with Crippen molar-refractivity contribution < 1.29 is 9.13 Å². The second-order valence-corrected chi connectivity index (χ2v) is 2.88. The van der Waals surface area contributed by atoms with Gasteiger partial charge in [0, 0.05) is 7.05 Å². The first-order valence-electron chi connectivity index (χ1n) is 3.88. The predicted molar refractivity (Wildman–Crippen MR) is 45.2 cm³/mol. The number of likely N-dealkylation sites (N-methyl/N-ethyl adjacent to an activating group) is 1. The smallest absolute Gasteiger partial charge is 0.255 e. The fraction of sp³-hybridized carbons (Fsp3) is 0.333. The highest BCUT2D eigenvalue weighted by Gasteiger charge is 2.21. The number of hydrogen-bond acceptors (Lipinski definition) is 2. The monoisotopic (exact) mass is 167 g/mol. The summed E-state index contributed by atoms with van der Waals surface area (Å²) in [7, 11) is 1.86. The number of hydrogen-bond donors (Lipinski definition) is 0. The van der Waals surface area contributed by atoms with Crippen molar-refractivity contribution in [2.24, 2.45) is 0 Å². The van der Waals surface area contributed by atoms with Gasteiger partial charge in [-0.15, -0.1) is 0 Å².